The smallest absolute Gasteiger partial charge is 0.257 e. The summed E-state index contributed by atoms with van der Waals surface area (Å²) in [6, 6.07) is 7.10. The Labute approximate surface area is 174 Å². The van der Waals surface area contributed by atoms with Crippen molar-refractivity contribution in [3.63, 3.8) is 0 Å². The molecule has 4 rings (SSSR count). The zero-order valence-corrected chi connectivity index (χ0v) is 16.8. The third-order valence-electron chi connectivity index (χ3n) is 4.85. The van der Waals surface area contributed by atoms with E-state index in [0.717, 1.165) is 30.0 Å². The lowest BCUT2D eigenvalue weighted by Crippen LogP contribution is -2.36. The molecule has 0 saturated carbocycles. The van der Waals surface area contributed by atoms with Crippen LogP contribution in [0.5, 0.6) is 5.88 Å². The van der Waals surface area contributed by atoms with Crippen LogP contribution in [0.15, 0.2) is 42.9 Å². The van der Waals surface area contributed by atoms with Crippen molar-refractivity contribution < 1.29 is 14.3 Å². The van der Waals surface area contributed by atoms with Crippen molar-refractivity contribution >= 4 is 17.3 Å². The lowest BCUT2D eigenvalue weighted by molar-refractivity contribution is 0.102. The first-order valence-electron chi connectivity index (χ1n) is 9.58. The second-order valence-electron chi connectivity index (χ2n) is 6.77. The Kier molecular flexibility index (Phi) is 5.80. The van der Waals surface area contributed by atoms with E-state index in [4.69, 9.17) is 9.47 Å². The summed E-state index contributed by atoms with van der Waals surface area (Å²) in [5, 5.41) is 11.4. The molecule has 1 aliphatic rings. The van der Waals surface area contributed by atoms with E-state index in [1.54, 1.807) is 37.8 Å². The highest BCUT2D eigenvalue weighted by Gasteiger charge is 2.19. The van der Waals surface area contributed by atoms with E-state index in [-0.39, 0.29) is 5.91 Å². The molecule has 154 valence electrons. The Morgan fingerprint density at radius 3 is 2.67 bits per heavy atom. The molecule has 1 saturated heterocycles. The number of hydrogen-bond donors (Lipinski definition) is 1. The van der Waals surface area contributed by atoms with Gasteiger partial charge in [0.2, 0.25) is 0 Å². The molecule has 0 aliphatic carbocycles. The highest BCUT2D eigenvalue weighted by atomic mass is 16.5. The number of amides is 1. The number of methoxy groups -OCH3 is 1. The SMILES string of the molecule is COc1nnc(-c2cc(NC(=O)c3ccncc3)cnc2C)cc1N1CCOCC1. The molecule has 0 bridgehead atoms. The fraction of sp³-hybridized carbons (Fsp3) is 0.286. The average Bonchev–Trinajstić information content (AvgIpc) is 2.81. The van der Waals surface area contributed by atoms with Crippen LogP contribution in [0, 0.1) is 6.92 Å². The third-order valence-corrected chi connectivity index (χ3v) is 4.85. The lowest BCUT2D eigenvalue weighted by Gasteiger charge is -2.29. The van der Waals surface area contributed by atoms with Gasteiger partial charge < -0.3 is 19.7 Å². The summed E-state index contributed by atoms with van der Waals surface area (Å²) >= 11 is 0. The molecule has 9 nitrogen and oxygen atoms in total. The molecular weight excluding hydrogens is 384 g/mol. The van der Waals surface area contributed by atoms with Crippen LogP contribution in [0.1, 0.15) is 16.1 Å². The number of nitrogens with zero attached hydrogens (tertiary/aromatic N) is 5. The Bertz CT molecular complexity index is 1040. The second-order valence-corrected chi connectivity index (χ2v) is 6.77. The number of carbonyl (C=O) groups excluding carboxylic acids is 1. The quantitative estimate of drug-likeness (QED) is 0.689. The molecule has 1 N–H and O–H groups in total. The second kappa shape index (κ2) is 8.83. The minimum Gasteiger partial charge on any atom is -0.478 e. The maximum absolute atomic E-state index is 12.5. The molecule has 1 fully saturated rings. The van der Waals surface area contributed by atoms with Gasteiger partial charge in [0.15, 0.2) is 0 Å². The first-order valence-corrected chi connectivity index (χ1v) is 9.58. The number of carbonyl (C=O) groups is 1. The van der Waals surface area contributed by atoms with Crippen LogP contribution in [0.2, 0.25) is 0 Å². The van der Waals surface area contributed by atoms with Crippen molar-refractivity contribution in [2.24, 2.45) is 0 Å². The molecule has 9 heteroatoms. The summed E-state index contributed by atoms with van der Waals surface area (Å²) in [6.07, 6.45) is 4.78. The van der Waals surface area contributed by atoms with Crippen LogP contribution in [-0.2, 0) is 4.74 Å². The molecule has 1 aliphatic heterocycles. The molecule has 0 spiro atoms. The minimum atomic E-state index is -0.233. The molecule has 30 heavy (non-hydrogen) atoms. The topological polar surface area (TPSA) is 102 Å². The van der Waals surface area contributed by atoms with Crippen LogP contribution in [0.4, 0.5) is 11.4 Å². The minimum absolute atomic E-state index is 0.233. The van der Waals surface area contributed by atoms with E-state index in [2.05, 4.69) is 30.4 Å². The summed E-state index contributed by atoms with van der Waals surface area (Å²) in [4.78, 5) is 23.0. The summed E-state index contributed by atoms with van der Waals surface area (Å²) in [5.41, 5.74) is 4.17. The number of ether oxygens (including phenoxy) is 2. The predicted octanol–water partition coefficient (Wildman–Crippen LogP) is 2.34. The largest absolute Gasteiger partial charge is 0.478 e. The van der Waals surface area contributed by atoms with E-state index in [1.807, 2.05) is 19.1 Å². The third kappa shape index (κ3) is 4.20. The zero-order valence-electron chi connectivity index (χ0n) is 16.8. The number of rotatable bonds is 5. The first-order chi connectivity index (χ1) is 14.7. The van der Waals surface area contributed by atoms with Gasteiger partial charge in [-0.3, -0.25) is 14.8 Å². The molecule has 0 atom stereocenters. The number of aryl methyl sites for hydroxylation is 1. The Hall–Kier alpha value is -3.59. The number of aromatic nitrogens is 4. The number of hydrogen-bond acceptors (Lipinski definition) is 8. The summed E-state index contributed by atoms with van der Waals surface area (Å²) in [5.74, 6) is 0.234. The van der Waals surface area contributed by atoms with Gasteiger partial charge in [-0.05, 0) is 31.2 Å². The molecule has 3 aromatic rings. The van der Waals surface area contributed by atoms with Gasteiger partial charge in [-0.25, -0.2) is 0 Å². The van der Waals surface area contributed by atoms with Crippen LogP contribution >= 0.6 is 0 Å². The molecule has 0 aromatic carbocycles. The van der Waals surface area contributed by atoms with Gasteiger partial charge in [-0.15, -0.1) is 10.2 Å². The fourth-order valence-corrected chi connectivity index (χ4v) is 3.25. The van der Waals surface area contributed by atoms with E-state index in [9.17, 15) is 4.79 Å². The normalized spacial score (nSPS) is 13.7. The van der Waals surface area contributed by atoms with Gasteiger partial charge in [-0.1, -0.05) is 0 Å². The standard InChI is InChI=1S/C21H22N6O3/c1-14-17(11-16(13-23-14)24-20(28)15-3-5-22-6-4-15)18-12-19(21(29-2)26-25-18)27-7-9-30-10-8-27/h3-6,11-13H,7-10H2,1-2H3,(H,24,28). The monoisotopic (exact) mass is 406 g/mol. The van der Waals surface area contributed by atoms with E-state index >= 15 is 0 Å². The van der Waals surface area contributed by atoms with Crippen molar-refractivity contribution in [2.45, 2.75) is 6.92 Å². The highest BCUT2D eigenvalue weighted by molar-refractivity contribution is 6.04. The summed E-state index contributed by atoms with van der Waals surface area (Å²) in [6.45, 7) is 4.70. The molecule has 1 amide bonds. The molecule has 3 aromatic heterocycles. The van der Waals surface area contributed by atoms with Crippen molar-refractivity contribution in [3.05, 3.63) is 54.1 Å². The summed E-state index contributed by atoms with van der Waals surface area (Å²) < 4.78 is 10.9. The fourth-order valence-electron chi connectivity index (χ4n) is 3.25. The lowest BCUT2D eigenvalue weighted by atomic mass is 10.1. The maximum atomic E-state index is 12.5. The van der Waals surface area contributed by atoms with E-state index < -0.39 is 0 Å². The average molecular weight is 406 g/mol. The predicted molar refractivity (Wildman–Crippen MR) is 112 cm³/mol. The maximum Gasteiger partial charge on any atom is 0.257 e. The molecule has 0 radical (unpaired) electrons. The number of nitrogens with one attached hydrogen (secondary N) is 1. The van der Waals surface area contributed by atoms with Gasteiger partial charge in [0.1, 0.15) is 5.69 Å². The van der Waals surface area contributed by atoms with Crippen LogP contribution in [-0.4, -0.2) is 59.5 Å². The van der Waals surface area contributed by atoms with Crippen molar-refractivity contribution in [1.82, 2.24) is 20.2 Å². The van der Waals surface area contributed by atoms with Crippen LogP contribution in [0.3, 0.4) is 0 Å². The number of morpholine rings is 1. The van der Waals surface area contributed by atoms with E-state index in [1.165, 1.54) is 0 Å². The van der Waals surface area contributed by atoms with Crippen molar-refractivity contribution in [2.75, 3.05) is 43.6 Å². The van der Waals surface area contributed by atoms with Crippen molar-refractivity contribution in [3.8, 4) is 17.1 Å². The Morgan fingerprint density at radius 1 is 1.17 bits per heavy atom. The van der Waals surface area contributed by atoms with Gasteiger partial charge in [0, 0.05) is 42.3 Å². The van der Waals surface area contributed by atoms with Crippen LogP contribution < -0.4 is 15.0 Å². The number of anilines is 2. The molecule has 0 unspecified atom stereocenters. The highest BCUT2D eigenvalue weighted by Crippen LogP contribution is 2.32. The van der Waals surface area contributed by atoms with Crippen molar-refractivity contribution in [1.29, 1.82) is 0 Å². The Balaban J connectivity index is 1.65. The van der Waals surface area contributed by atoms with Crippen LogP contribution in [0.25, 0.3) is 11.3 Å². The van der Waals surface area contributed by atoms with Gasteiger partial charge in [0.05, 0.1) is 37.9 Å². The molecule has 4 heterocycles. The van der Waals surface area contributed by atoms with E-state index in [0.29, 0.717) is 36.0 Å². The summed E-state index contributed by atoms with van der Waals surface area (Å²) in [7, 11) is 1.58. The van der Waals surface area contributed by atoms with Gasteiger partial charge in [0.25, 0.3) is 11.8 Å². The van der Waals surface area contributed by atoms with Gasteiger partial charge >= 0.3 is 0 Å². The number of pyridine rings is 2. The Morgan fingerprint density at radius 2 is 1.93 bits per heavy atom. The molecular formula is C21H22N6O3. The van der Waals surface area contributed by atoms with Gasteiger partial charge in [-0.2, -0.15) is 0 Å². The first kappa shape index (κ1) is 19.7. The zero-order chi connectivity index (χ0) is 20.9.